The summed E-state index contributed by atoms with van der Waals surface area (Å²) in [5, 5.41) is 2.69. The van der Waals surface area contributed by atoms with E-state index in [4.69, 9.17) is 4.74 Å². The average Bonchev–Trinajstić information content (AvgIpc) is 2.95. The van der Waals surface area contributed by atoms with E-state index in [1.165, 1.54) is 0 Å². The van der Waals surface area contributed by atoms with E-state index in [1.54, 1.807) is 12.0 Å². The monoisotopic (exact) mass is 326 g/mol. The van der Waals surface area contributed by atoms with Gasteiger partial charge in [-0.3, -0.25) is 0 Å². The van der Waals surface area contributed by atoms with Crippen LogP contribution in [0.15, 0.2) is 24.3 Å². The highest BCUT2D eigenvalue weighted by molar-refractivity contribution is 7.90. The summed E-state index contributed by atoms with van der Waals surface area (Å²) in [5.41, 5.74) is 1.07. The molecule has 1 atom stereocenters. The molecule has 22 heavy (non-hydrogen) atoms. The number of carbonyl (C=O) groups is 1. The molecule has 1 saturated heterocycles. The third-order valence-corrected chi connectivity index (χ3v) is 4.71. The predicted molar refractivity (Wildman–Crippen MR) is 84.8 cm³/mol. The van der Waals surface area contributed by atoms with Crippen LogP contribution >= 0.6 is 0 Å². The zero-order valence-corrected chi connectivity index (χ0v) is 13.7. The number of carbonyl (C=O) groups excluding carboxylic acids is 1. The van der Waals surface area contributed by atoms with E-state index >= 15 is 0 Å². The molecule has 0 bridgehead atoms. The number of urea groups is 1. The van der Waals surface area contributed by atoms with Gasteiger partial charge in [-0.05, 0) is 30.5 Å². The number of rotatable bonds is 5. The van der Waals surface area contributed by atoms with Crippen molar-refractivity contribution in [2.75, 3.05) is 32.2 Å². The van der Waals surface area contributed by atoms with Gasteiger partial charge in [-0.15, -0.1) is 0 Å². The average molecular weight is 326 g/mol. The summed E-state index contributed by atoms with van der Waals surface area (Å²) in [4.78, 5) is 14.0. The standard InChI is InChI=1S/C15H22N2O4S/c1-21-13-7-5-12(6-8-13)14-4-3-10-17(14)15(18)16-9-11-22(2,19)20/h5-8,14H,3-4,9-11H2,1-2H3,(H,16,18)/t14-/m0/s1. The van der Waals surface area contributed by atoms with Gasteiger partial charge >= 0.3 is 6.03 Å². The molecular weight excluding hydrogens is 304 g/mol. The largest absolute Gasteiger partial charge is 0.497 e. The molecule has 1 fully saturated rings. The number of ether oxygens (including phenoxy) is 1. The van der Waals surface area contributed by atoms with Gasteiger partial charge in [0.15, 0.2) is 0 Å². The second kappa shape index (κ2) is 7.00. The zero-order chi connectivity index (χ0) is 16.2. The lowest BCUT2D eigenvalue weighted by molar-refractivity contribution is 0.193. The summed E-state index contributed by atoms with van der Waals surface area (Å²) in [6.07, 6.45) is 3.01. The highest BCUT2D eigenvalue weighted by Gasteiger charge is 2.29. The number of hydrogen-bond donors (Lipinski definition) is 1. The molecule has 0 aliphatic carbocycles. The Labute approximate surface area is 131 Å². The summed E-state index contributed by atoms with van der Waals surface area (Å²) in [5.74, 6) is 0.741. The molecule has 6 nitrogen and oxygen atoms in total. The van der Waals surface area contributed by atoms with Crippen molar-refractivity contribution in [3.8, 4) is 5.75 Å². The van der Waals surface area contributed by atoms with E-state index in [0.717, 1.165) is 30.4 Å². The Morgan fingerprint density at radius 1 is 1.36 bits per heavy atom. The third-order valence-electron chi connectivity index (χ3n) is 3.76. The van der Waals surface area contributed by atoms with Gasteiger partial charge in [0, 0.05) is 19.3 Å². The van der Waals surface area contributed by atoms with Crippen LogP contribution < -0.4 is 10.1 Å². The maximum absolute atomic E-state index is 12.2. The van der Waals surface area contributed by atoms with Crippen molar-refractivity contribution in [2.24, 2.45) is 0 Å². The molecule has 2 rings (SSSR count). The van der Waals surface area contributed by atoms with Crippen LogP contribution in [0.3, 0.4) is 0 Å². The Hall–Kier alpha value is -1.76. The molecule has 0 radical (unpaired) electrons. The van der Waals surface area contributed by atoms with Crippen molar-refractivity contribution in [3.63, 3.8) is 0 Å². The van der Waals surface area contributed by atoms with Crippen LogP contribution in [0.25, 0.3) is 0 Å². The molecule has 1 aromatic rings. The first-order valence-electron chi connectivity index (χ1n) is 7.27. The predicted octanol–water partition coefficient (Wildman–Crippen LogP) is 1.59. The van der Waals surface area contributed by atoms with Gasteiger partial charge in [0.25, 0.3) is 0 Å². The van der Waals surface area contributed by atoms with Crippen molar-refractivity contribution in [1.82, 2.24) is 10.2 Å². The van der Waals surface area contributed by atoms with E-state index in [9.17, 15) is 13.2 Å². The first-order chi connectivity index (χ1) is 10.4. The Morgan fingerprint density at radius 2 is 2.05 bits per heavy atom. The smallest absolute Gasteiger partial charge is 0.317 e. The normalized spacial score (nSPS) is 18.3. The molecule has 1 aromatic carbocycles. The fraction of sp³-hybridized carbons (Fsp3) is 0.533. The minimum atomic E-state index is -3.06. The van der Waals surface area contributed by atoms with Gasteiger partial charge in [-0.25, -0.2) is 13.2 Å². The van der Waals surface area contributed by atoms with E-state index < -0.39 is 9.84 Å². The second-order valence-electron chi connectivity index (χ2n) is 5.49. The Morgan fingerprint density at radius 3 is 2.64 bits per heavy atom. The molecule has 0 unspecified atom stereocenters. The van der Waals surface area contributed by atoms with Gasteiger partial charge in [0.2, 0.25) is 0 Å². The maximum Gasteiger partial charge on any atom is 0.317 e. The Bertz CT molecular complexity index is 613. The molecule has 7 heteroatoms. The molecule has 0 aromatic heterocycles. The number of likely N-dealkylation sites (tertiary alicyclic amines) is 1. The fourth-order valence-electron chi connectivity index (χ4n) is 2.63. The molecule has 0 saturated carbocycles. The highest BCUT2D eigenvalue weighted by atomic mass is 32.2. The van der Waals surface area contributed by atoms with Crippen molar-refractivity contribution in [2.45, 2.75) is 18.9 Å². The van der Waals surface area contributed by atoms with Crippen LogP contribution in [0.5, 0.6) is 5.75 Å². The molecule has 1 N–H and O–H groups in total. The lowest BCUT2D eigenvalue weighted by Crippen LogP contribution is -2.41. The number of benzene rings is 1. The van der Waals surface area contributed by atoms with Gasteiger partial charge in [0.1, 0.15) is 15.6 Å². The molecule has 1 aliphatic heterocycles. The summed E-state index contributed by atoms with van der Waals surface area (Å²) in [6.45, 7) is 0.824. The topological polar surface area (TPSA) is 75.7 Å². The molecule has 1 aliphatic rings. The van der Waals surface area contributed by atoms with E-state index in [1.807, 2.05) is 24.3 Å². The summed E-state index contributed by atoms with van der Waals surface area (Å²) in [7, 11) is -1.45. The number of methoxy groups -OCH3 is 1. The van der Waals surface area contributed by atoms with Crippen LogP contribution in [0.4, 0.5) is 4.79 Å². The molecule has 1 heterocycles. The lowest BCUT2D eigenvalue weighted by Gasteiger charge is -2.25. The number of sulfone groups is 1. The van der Waals surface area contributed by atoms with E-state index in [-0.39, 0.29) is 24.4 Å². The zero-order valence-electron chi connectivity index (χ0n) is 12.9. The van der Waals surface area contributed by atoms with Crippen LogP contribution in [-0.4, -0.2) is 51.6 Å². The third kappa shape index (κ3) is 4.37. The summed E-state index contributed by atoms with van der Waals surface area (Å²) < 4.78 is 27.3. The van der Waals surface area contributed by atoms with Crippen LogP contribution in [0.2, 0.25) is 0 Å². The lowest BCUT2D eigenvalue weighted by atomic mass is 10.0. The first kappa shape index (κ1) is 16.6. The quantitative estimate of drug-likeness (QED) is 0.891. The van der Waals surface area contributed by atoms with Crippen LogP contribution in [0.1, 0.15) is 24.4 Å². The molecule has 0 spiro atoms. The fourth-order valence-corrected chi connectivity index (χ4v) is 3.10. The van der Waals surface area contributed by atoms with E-state index in [0.29, 0.717) is 6.54 Å². The molecule has 122 valence electrons. The minimum Gasteiger partial charge on any atom is -0.497 e. The first-order valence-corrected chi connectivity index (χ1v) is 9.33. The number of hydrogen-bond acceptors (Lipinski definition) is 4. The van der Waals surface area contributed by atoms with Gasteiger partial charge in [0.05, 0.1) is 18.9 Å². The Kier molecular flexibility index (Phi) is 5.28. The summed E-state index contributed by atoms with van der Waals surface area (Å²) >= 11 is 0. The Balaban J connectivity index is 1.98. The number of amides is 2. The van der Waals surface area contributed by atoms with Gasteiger partial charge in [-0.1, -0.05) is 12.1 Å². The van der Waals surface area contributed by atoms with Crippen molar-refractivity contribution in [1.29, 1.82) is 0 Å². The van der Waals surface area contributed by atoms with Crippen LogP contribution in [0, 0.1) is 0 Å². The second-order valence-corrected chi connectivity index (χ2v) is 7.75. The van der Waals surface area contributed by atoms with Gasteiger partial charge in [-0.2, -0.15) is 0 Å². The van der Waals surface area contributed by atoms with Crippen molar-refractivity contribution >= 4 is 15.9 Å². The number of nitrogens with zero attached hydrogens (tertiary/aromatic N) is 1. The van der Waals surface area contributed by atoms with Crippen molar-refractivity contribution in [3.05, 3.63) is 29.8 Å². The minimum absolute atomic E-state index is 0.0316. The summed E-state index contributed by atoms with van der Waals surface area (Å²) in [6, 6.07) is 7.52. The number of nitrogens with one attached hydrogen (secondary N) is 1. The maximum atomic E-state index is 12.2. The van der Waals surface area contributed by atoms with Crippen LogP contribution in [-0.2, 0) is 9.84 Å². The molecular formula is C15H22N2O4S. The van der Waals surface area contributed by atoms with Gasteiger partial charge < -0.3 is 15.0 Å². The van der Waals surface area contributed by atoms with Crippen molar-refractivity contribution < 1.29 is 17.9 Å². The SMILES string of the molecule is COc1ccc([C@@H]2CCCN2C(=O)NCCS(C)(=O)=O)cc1. The van der Waals surface area contributed by atoms with E-state index in [2.05, 4.69) is 5.32 Å². The highest BCUT2D eigenvalue weighted by Crippen LogP contribution is 2.32. The molecule has 2 amide bonds.